The van der Waals surface area contributed by atoms with Gasteiger partial charge in [-0.15, -0.1) is 0 Å². The first-order chi connectivity index (χ1) is 13.0. The quantitative estimate of drug-likeness (QED) is 0.711. The van der Waals surface area contributed by atoms with E-state index in [-0.39, 0.29) is 11.7 Å². The van der Waals surface area contributed by atoms with Gasteiger partial charge in [-0.3, -0.25) is 9.69 Å². The van der Waals surface area contributed by atoms with Crippen molar-refractivity contribution in [3.05, 3.63) is 59.4 Å². The summed E-state index contributed by atoms with van der Waals surface area (Å²) in [6.45, 7) is 1.43. The van der Waals surface area contributed by atoms with Gasteiger partial charge in [0.1, 0.15) is 5.82 Å². The van der Waals surface area contributed by atoms with E-state index < -0.39 is 0 Å². The van der Waals surface area contributed by atoms with E-state index in [1.54, 1.807) is 35.2 Å². The van der Waals surface area contributed by atoms with E-state index in [4.69, 9.17) is 5.26 Å². The summed E-state index contributed by atoms with van der Waals surface area (Å²) in [6.07, 6.45) is 0.814. The van der Waals surface area contributed by atoms with Gasteiger partial charge in [-0.1, -0.05) is 11.3 Å². The number of carbonyl (C=O) groups is 1. The Hall–Kier alpha value is -2.82. The first-order valence-electron chi connectivity index (χ1n) is 8.65. The molecule has 0 aliphatic carbocycles. The Kier molecular flexibility index (Phi) is 5.79. The number of nitrogens with one attached hydrogen (secondary N) is 1. The van der Waals surface area contributed by atoms with E-state index in [1.165, 1.54) is 28.4 Å². The molecule has 0 aliphatic rings. The van der Waals surface area contributed by atoms with Crippen LogP contribution in [0.2, 0.25) is 0 Å². The normalized spacial score (nSPS) is 10.9. The van der Waals surface area contributed by atoms with Gasteiger partial charge in [-0.25, -0.2) is 9.37 Å². The van der Waals surface area contributed by atoms with Gasteiger partial charge < -0.3 is 4.90 Å². The Morgan fingerprint density at radius 3 is 2.67 bits per heavy atom. The number of hydrogen-bond acceptors (Lipinski definition) is 4. The molecule has 0 atom stereocenters. The van der Waals surface area contributed by atoms with Crippen LogP contribution in [0.1, 0.15) is 22.3 Å². The lowest BCUT2D eigenvalue weighted by Crippen LogP contribution is -3.05. The number of halogens is 1. The molecule has 27 heavy (non-hydrogen) atoms. The van der Waals surface area contributed by atoms with Gasteiger partial charge in [-0.2, -0.15) is 5.26 Å². The summed E-state index contributed by atoms with van der Waals surface area (Å²) in [5.41, 5.74) is 1.67. The second kappa shape index (κ2) is 8.25. The zero-order valence-electron chi connectivity index (χ0n) is 15.2. The molecule has 5 nitrogen and oxygen atoms in total. The predicted molar refractivity (Wildman–Crippen MR) is 105 cm³/mol. The van der Waals surface area contributed by atoms with Crippen LogP contribution in [-0.2, 0) is 0 Å². The minimum atomic E-state index is -0.320. The molecule has 7 heteroatoms. The largest absolute Gasteiger partial charge is 0.340 e. The number of nitrogens with zero attached hydrogens (tertiary/aromatic N) is 3. The van der Waals surface area contributed by atoms with Crippen molar-refractivity contribution in [1.29, 1.82) is 5.26 Å². The monoisotopic (exact) mass is 383 g/mol. The van der Waals surface area contributed by atoms with Crippen molar-refractivity contribution in [2.75, 3.05) is 32.1 Å². The smallest absolute Gasteiger partial charge is 0.260 e. The van der Waals surface area contributed by atoms with Gasteiger partial charge in [0.05, 0.1) is 42.5 Å². The molecule has 3 aromatic rings. The van der Waals surface area contributed by atoms with Crippen molar-refractivity contribution in [2.24, 2.45) is 0 Å². The highest BCUT2D eigenvalue weighted by molar-refractivity contribution is 7.22. The number of benzene rings is 2. The van der Waals surface area contributed by atoms with Crippen LogP contribution in [0.4, 0.5) is 9.52 Å². The number of thiazole rings is 1. The van der Waals surface area contributed by atoms with Crippen molar-refractivity contribution in [3.63, 3.8) is 0 Å². The van der Waals surface area contributed by atoms with Gasteiger partial charge in [-0.05, 0) is 42.5 Å². The number of anilines is 1. The molecule has 1 amide bonds. The standard InChI is InChI=1S/C20H19FN4OS/c1-24(2)10-3-11-25(19(26)15-6-4-14(13-22)5-7-15)20-23-17-9-8-16(21)12-18(17)27-20/h4-9,12H,3,10-11H2,1-2H3/p+1. The molecule has 0 radical (unpaired) electrons. The average molecular weight is 383 g/mol. The minimum Gasteiger partial charge on any atom is -0.340 e. The fraction of sp³-hybridized carbons (Fsp3) is 0.250. The zero-order valence-corrected chi connectivity index (χ0v) is 16.0. The van der Waals surface area contributed by atoms with Crippen LogP contribution < -0.4 is 9.80 Å². The first-order valence-corrected chi connectivity index (χ1v) is 9.47. The Morgan fingerprint density at radius 1 is 1.26 bits per heavy atom. The minimum absolute atomic E-state index is 0.173. The van der Waals surface area contributed by atoms with Crippen molar-refractivity contribution < 1.29 is 14.1 Å². The second-order valence-electron chi connectivity index (χ2n) is 6.57. The topological polar surface area (TPSA) is 61.4 Å². The maximum Gasteiger partial charge on any atom is 0.260 e. The van der Waals surface area contributed by atoms with E-state index >= 15 is 0 Å². The summed E-state index contributed by atoms with van der Waals surface area (Å²) in [4.78, 5) is 20.6. The van der Waals surface area contributed by atoms with E-state index in [0.717, 1.165) is 13.0 Å². The molecule has 0 fully saturated rings. The number of amides is 1. The Labute approximate surface area is 161 Å². The molecule has 0 saturated carbocycles. The fourth-order valence-electron chi connectivity index (χ4n) is 2.72. The van der Waals surface area contributed by atoms with Crippen molar-refractivity contribution in [2.45, 2.75) is 6.42 Å². The molecule has 138 valence electrons. The molecular weight excluding hydrogens is 363 g/mol. The lowest BCUT2D eigenvalue weighted by Gasteiger charge is -2.20. The van der Waals surface area contributed by atoms with Gasteiger partial charge >= 0.3 is 0 Å². The number of hydrogen-bond donors (Lipinski definition) is 1. The number of quaternary nitrogens is 1. The van der Waals surface area contributed by atoms with Crippen LogP contribution in [0, 0.1) is 17.1 Å². The zero-order chi connectivity index (χ0) is 19.4. The highest BCUT2D eigenvalue weighted by Crippen LogP contribution is 2.30. The molecule has 0 bridgehead atoms. The number of carbonyl (C=O) groups excluding carboxylic acids is 1. The first kappa shape index (κ1) is 19.0. The molecular formula is C20H20FN4OS+. The third-order valence-electron chi connectivity index (χ3n) is 4.13. The number of nitriles is 1. The Balaban J connectivity index is 1.93. The summed E-state index contributed by atoms with van der Waals surface area (Å²) >= 11 is 1.30. The maximum atomic E-state index is 13.5. The van der Waals surface area contributed by atoms with E-state index in [9.17, 15) is 9.18 Å². The molecule has 1 N–H and O–H groups in total. The Morgan fingerprint density at radius 2 is 2.00 bits per heavy atom. The summed E-state index contributed by atoms with van der Waals surface area (Å²) in [5.74, 6) is -0.494. The fourth-order valence-corrected chi connectivity index (χ4v) is 3.73. The van der Waals surface area contributed by atoms with Crippen molar-refractivity contribution in [3.8, 4) is 6.07 Å². The summed E-state index contributed by atoms with van der Waals surface area (Å²) in [7, 11) is 4.13. The van der Waals surface area contributed by atoms with E-state index in [2.05, 4.69) is 25.1 Å². The molecule has 2 aromatic carbocycles. The van der Waals surface area contributed by atoms with Gasteiger partial charge in [0.2, 0.25) is 0 Å². The van der Waals surface area contributed by atoms with Gasteiger partial charge in [0.15, 0.2) is 5.13 Å². The Bertz CT molecular complexity index is 991. The average Bonchev–Trinajstić information content (AvgIpc) is 3.07. The van der Waals surface area contributed by atoms with E-state index in [0.29, 0.717) is 33.0 Å². The van der Waals surface area contributed by atoms with Gasteiger partial charge in [0.25, 0.3) is 5.91 Å². The summed E-state index contributed by atoms with van der Waals surface area (Å²) < 4.78 is 14.2. The van der Waals surface area contributed by atoms with Crippen LogP contribution in [0.15, 0.2) is 42.5 Å². The molecule has 0 unspecified atom stereocenters. The van der Waals surface area contributed by atoms with Crippen LogP contribution >= 0.6 is 11.3 Å². The number of rotatable bonds is 6. The lowest BCUT2D eigenvalue weighted by atomic mass is 10.1. The summed E-state index contributed by atoms with van der Waals surface area (Å²) in [6, 6.07) is 13.0. The predicted octanol–water partition coefficient (Wildman–Crippen LogP) is 2.49. The number of aromatic nitrogens is 1. The molecule has 1 aromatic heterocycles. The third-order valence-corrected chi connectivity index (χ3v) is 5.18. The lowest BCUT2D eigenvalue weighted by molar-refractivity contribution is -0.858. The number of fused-ring (bicyclic) bond motifs is 1. The van der Waals surface area contributed by atoms with Gasteiger partial charge in [0, 0.05) is 18.5 Å². The molecule has 3 rings (SSSR count). The van der Waals surface area contributed by atoms with Crippen LogP contribution in [0.3, 0.4) is 0 Å². The van der Waals surface area contributed by atoms with Crippen molar-refractivity contribution >= 4 is 32.6 Å². The second-order valence-corrected chi connectivity index (χ2v) is 7.57. The molecule has 0 saturated heterocycles. The molecule has 0 spiro atoms. The SMILES string of the molecule is C[NH+](C)CCCN(C(=O)c1ccc(C#N)cc1)c1nc2ccc(F)cc2s1. The molecule has 1 heterocycles. The maximum absolute atomic E-state index is 13.5. The highest BCUT2D eigenvalue weighted by atomic mass is 32.1. The third kappa shape index (κ3) is 4.48. The van der Waals surface area contributed by atoms with E-state index in [1.807, 2.05) is 0 Å². The molecule has 0 aliphatic heterocycles. The highest BCUT2D eigenvalue weighted by Gasteiger charge is 2.21. The van der Waals surface area contributed by atoms with Crippen LogP contribution in [0.25, 0.3) is 10.2 Å². The van der Waals surface area contributed by atoms with Crippen molar-refractivity contribution in [1.82, 2.24) is 4.98 Å². The summed E-state index contributed by atoms with van der Waals surface area (Å²) in [5, 5.41) is 9.49. The van der Waals surface area contributed by atoms with Crippen LogP contribution in [0.5, 0.6) is 0 Å². The van der Waals surface area contributed by atoms with Crippen LogP contribution in [-0.4, -0.2) is 38.1 Å².